The number of thiophene rings is 1. The molecule has 6 nitrogen and oxygen atoms in total. The van der Waals surface area contributed by atoms with Crippen molar-refractivity contribution in [1.82, 2.24) is 9.62 Å². The lowest BCUT2D eigenvalue weighted by molar-refractivity contribution is 0.0950. The predicted octanol–water partition coefficient (Wildman–Crippen LogP) is 2.09. The molecule has 1 fully saturated rings. The zero-order valence-electron chi connectivity index (χ0n) is 13.8. The fourth-order valence-electron chi connectivity index (χ4n) is 2.73. The lowest BCUT2D eigenvalue weighted by Gasteiger charge is -2.16. The van der Waals surface area contributed by atoms with Gasteiger partial charge in [-0.25, -0.2) is 8.42 Å². The van der Waals surface area contributed by atoms with E-state index in [-0.39, 0.29) is 16.9 Å². The molecule has 134 valence electrons. The van der Waals surface area contributed by atoms with Gasteiger partial charge in [-0.1, -0.05) is 6.07 Å². The number of carbonyl (C=O) groups excluding carboxylic acids is 1. The van der Waals surface area contributed by atoms with Gasteiger partial charge in [0.25, 0.3) is 5.91 Å². The third-order valence-corrected chi connectivity index (χ3v) is 6.80. The van der Waals surface area contributed by atoms with Crippen molar-refractivity contribution in [3.63, 3.8) is 0 Å². The van der Waals surface area contributed by atoms with Gasteiger partial charge in [0.15, 0.2) is 0 Å². The summed E-state index contributed by atoms with van der Waals surface area (Å²) in [7, 11) is -2.04. The topological polar surface area (TPSA) is 75.7 Å². The summed E-state index contributed by atoms with van der Waals surface area (Å²) in [5.74, 6) is -0.292. The van der Waals surface area contributed by atoms with Crippen molar-refractivity contribution < 1.29 is 17.9 Å². The van der Waals surface area contributed by atoms with Gasteiger partial charge in [0, 0.05) is 32.3 Å². The maximum atomic E-state index is 12.8. The monoisotopic (exact) mass is 380 g/mol. The SMILES string of the molecule is CO[C@H]1CCN(S(=O)(=O)c2cccc(C(=O)NCc3ccsc3)c2)C1. The molecule has 1 saturated heterocycles. The molecule has 0 radical (unpaired) electrons. The Morgan fingerprint density at radius 1 is 1.40 bits per heavy atom. The van der Waals surface area contributed by atoms with Crippen LogP contribution in [0.25, 0.3) is 0 Å². The summed E-state index contributed by atoms with van der Waals surface area (Å²) in [5.41, 5.74) is 1.35. The highest BCUT2D eigenvalue weighted by Gasteiger charge is 2.32. The van der Waals surface area contributed by atoms with Crippen molar-refractivity contribution in [2.75, 3.05) is 20.2 Å². The van der Waals surface area contributed by atoms with Gasteiger partial charge in [0.05, 0.1) is 11.0 Å². The number of amides is 1. The second-order valence-corrected chi connectivity index (χ2v) is 8.57. The maximum Gasteiger partial charge on any atom is 0.251 e. The number of hydrogen-bond acceptors (Lipinski definition) is 5. The summed E-state index contributed by atoms with van der Waals surface area (Å²) >= 11 is 1.56. The Labute approximate surface area is 151 Å². The molecule has 1 amide bonds. The molecule has 1 aliphatic heterocycles. The summed E-state index contributed by atoms with van der Waals surface area (Å²) in [5, 5.41) is 6.71. The molecule has 0 aliphatic carbocycles. The van der Waals surface area contributed by atoms with Gasteiger partial charge in [0.1, 0.15) is 0 Å². The molecule has 1 aromatic heterocycles. The van der Waals surface area contributed by atoms with Crippen LogP contribution in [0, 0.1) is 0 Å². The van der Waals surface area contributed by atoms with Crippen LogP contribution < -0.4 is 5.32 Å². The van der Waals surface area contributed by atoms with Crippen molar-refractivity contribution in [3.05, 3.63) is 52.2 Å². The van der Waals surface area contributed by atoms with Crippen LogP contribution in [0.15, 0.2) is 46.0 Å². The summed E-state index contributed by atoms with van der Waals surface area (Å²) in [6.45, 7) is 1.18. The quantitative estimate of drug-likeness (QED) is 0.833. The average molecular weight is 380 g/mol. The average Bonchev–Trinajstić information content (AvgIpc) is 3.31. The standard InChI is InChI=1S/C17H20N2O4S2/c1-23-15-5-7-19(11-15)25(21,22)16-4-2-3-14(9-16)17(20)18-10-13-6-8-24-12-13/h2-4,6,8-9,12,15H,5,7,10-11H2,1H3,(H,18,20)/t15-/m0/s1. The molecule has 0 saturated carbocycles. The zero-order chi connectivity index (χ0) is 17.9. The first-order valence-corrected chi connectivity index (χ1v) is 10.3. The molecule has 0 unspecified atom stereocenters. The Balaban J connectivity index is 1.73. The van der Waals surface area contributed by atoms with Crippen LogP contribution in [0.4, 0.5) is 0 Å². The van der Waals surface area contributed by atoms with Crippen LogP contribution >= 0.6 is 11.3 Å². The Hall–Kier alpha value is -1.74. The number of ether oxygens (including phenoxy) is 1. The number of rotatable bonds is 6. The zero-order valence-corrected chi connectivity index (χ0v) is 15.5. The van der Waals surface area contributed by atoms with Crippen molar-refractivity contribution >= 4 is 27.3 Å². The van der Waals surface area contributed by atoms with Crippen molar-refractivity contribution in [2.24, 2.45) is 0 Å². The van der Waals surface area contributed by atoms with Crippen LogP contribution in [0.3, 0.4) is 0 Å². The van der Waals surface area contributed by atoms with E-state index < -0.39 is 10.0 Å². The molecule has 0 spiro atoms. The van der Waals surface area contributed by atoms with Gasteiger partial charge in [-0.3, -0.25) is 4.79 Å². The van der Waals surface area contributed by atoms with Gasteiger partial charge in [-0.15, -0.1) is 0 Å². The predicted molar refractivity (Wildman–Crippen MR) is 96.1 cm³/mol. The first-order chi connectivity index (χ1) is 12.0. The molecular formula is C17H20N2O4S2. The van der Waals surface area contributed by atoms with Gasteiger partial charge in [-0.2, -0.15) is 15.6 Å². The number of methoxy groups -OCH3 is 1. The number of nitrogens with zero attached hydrogens (tertiary/aromatic N) is 1. The Morgan fingerprint density at radius 3 is 2.92 bits per heavy atom. The van der Waals surface area contributed by atoms with E-state index in [1.807, 2.05) is 16.8 Å². The summed E-state index contributed by atoms with van der Waals surface area (Å²) in [4.78, 5) is 12.4. The molecule has 2 aromatic rings. The molecule has 1 aromatic carbocycles. The van der Waals surface area contributed by atoms with Crippen molar-refractivity contribution in [2.45, 2.75) is 24.0 Å². The Kier molecular flexibility index (Phi) is 5.53. The fourth-order valence-corrected chi connectivity index (χ4v) is 4.93. The fraction of sp³-hybridized carbons (Fsp3) is 0.353. The molecular weight excluding hydrogens is 360 g/mol. The number of nitrogens with one attached hydrogen (secondary N) is 1. The second-order valence-electron chi connectivity index (χ2n) is 5.85. The summed E-state index contributed by atoms with van der Waals surface area (Å²) in [6.07, 6.45) is 0.600. The number of hydrogen-bond donors (Lipinski definition) is 1. The van der Waals surface area contributed by atoms with E-state index in [4.69, 9.17) is 4.74 Å². The van der Waals surface area contributed by atoms with Crippen LogP contribution in [-0.4, -0.2) is 44.9 Å². The van der Waals surface area contributed by atoms with Gasteiger partial charge >= 0.3 is 0 Å². The van der Waals surface area contributed by atoms with Crippen molar-refractivity contribution in [3.8, 4) is 0 Å². The minimum Gasteiger partial charge on any atom is -0.380 e. The summed E-state index contributed by atoms with van der Waals surface area (Å²) in [6, 6.07) is 8.09. The number of carbonyl (C=O) groups is 1. The van der Waals surface area contributed by atoms with Gasteiger partial charge < -0.3 is 10.1 Å². The Morgan fingerprint density at radius 2 is 2.24 bits per heavy atom. The van der Waals surface area contributed by atoms with E-state index in [1.165, 1.54) is 16.4 Å². The minimum atomic E-state index is -3.62. The molecule has 2 heterocycles. The van der Waals surface area contributed by atoms with E-state index in [2.05, 4.69) is 5.32 Å². The molecule has 8 heteroatoms. The van der Waals surface area contributed by atoms with Crippen molar-refractivity contribution in [1.29, 1.82) is 0 Å². The highest BCUT2D eigenvalue weighted by Crippen LogP contribution is 2.23. The van der Waals surface area contributed by atoms with E-state index in [9.17, 15) is 13.2 Å². The normalized spacial score (nSPS) is 18.4. The lowest BCUT2D eigenvalue weighted by Crippen LogP contribution is -2.30. The number of sulfonamides is 1. The summed E-state index contributed by atoms with van der Waals surface area (Å²) < 4.78 is 32.1. The van der Waals surface area contributed by atoms with Crippen LogP contribution in [0.2, 0.25) is 0 Å². The van der Waals surface area contributed by atoms with Gasteiger partial charge in [-0.05, 0) is 47.0 Å². The Bertz CT molecular complexity index is 834. The molecule has 0 bridgehead atoms. The third-order valence-electron chi connectivity index (χ3n) is 4.21. The largest absolute Gasteiger partial charge is 0.380 e. The van der Waals surface area contributed by atoms with E-state index in [0.29, 0.717) is 31.6 Å². The second kappa shape index (κ2) is 7.65. The van der Waals surface area contributed by atoms with Crippen LogP contribution in [-0.2, 0) is 21.3 Å². The van der Waals surface area contributed by atoms with E-state index >= 15 is 0 Å². The maximum absolute atomic E-state index is 12.8. The molecule has 1 N–H and O–H groups in total. The first-order valence-electron chi connectivity index (χ1n) is 7.93. The first kappa shape index (κ1) is 18.1. The highest BCUT2D eigenvalue weighted by molar-refractivity contribution is 7.89. The molecule has 1 atom stereocenters. The minimum absolute atomic E-state index is 0.0770. The van der Waals surface area contributed by atoms with E-state index in [0.717, 1.165) is 5.56 Å². The van der Waals surface area contributed by atoms with E-state index in [1.54, 1.807) is 30.6 Å². The third kappa shape index (κ3) is 4.09. The molecule has 25 heavy (non-hydrogen) atoms. The molecule has 1 aliphatic rings. The number of benzene rings is 1. The lowest BCUT2D eigenvalue weighted by atomic mass is 10.2. The van der Waals surface area contributed by atoms with Crippen LogP contribution in [0.1, 0.15) is 22.3 Å². The smallest absolute Gasteiger partial charge is 0.251 e. The van der Waals surface area contributed by atoms with Crippen LogP contribution in [0.5, 0.6) is 0 Å². The molecule has 3 rings (SSSR count). The van der Waals surface area contributed by atoms with Gasteiger partial charge in [0.2, 0.25) is 10.0 Å². The highest BCUT2D eigenvalue weighted by atomic mass is 32.2.